The third kappa shape index (κ3) is 4.48. The van der Waals surface area contributed by atoms with Crippen molar-refractivity contribution in [3.05, 3.63) is 33.0 Å². The average Bonchev–Trinajstić information content (AvgIpc) is 3.32. The summed E-state index contributed by atoms with van der Waals surface area (Å²) in [6, 6.07) is 2.15. The Morgan fingerprint density at radius 1 is 1.29 bits per heavy atom. The lowest BCUT2D eigenvalue weighted by atomic mass is 10.3. The minimum Gasteiger partial charge on any atom is -0.356 e. The highest BCUT2D eigenvalue weighted by atomic mass is 32.1. The fourth-order valence-corrected chi connectivity index (χ4v) is 4.50. The van der Waals surface area contributed by atoms with Gasteiger partial charge in [0.05, 0.1) is 12.2 Å². The van der Waals surface area contributed by atoms with Gasteiger partial charge in [-0.05, 0) is 36.8 Å². The van der Waals surface area contributed by atoms with Gasteiger partial charge in [-0.15, -0.1) is 22.7 Å². The van der Waals surface area contributed by atoms with Crippen LogP contribution in [0.4, 0.5) is 5.13 Å². The van der Waals surface area contributed by atoms with Gasteiger partial charge in [-0.1, -0.05) is 0 Å². The summed E-state index contributed by atoms with van der Waals surface area (Å²) in [5, 5.41) is 12.2. The van der Waals surface area contributed by atoms with E-state index in [4.69, 9.17) is 4.98 Å². The van der Waals surface area contributed by atoms with Gasteiger partial charge in [-0.2, -0.15) is 0 Å². The van der Waals surface area contributed by atoms with E-state index >= 15 is 0 Å². The van der Waals surface area contributed by atoms with Crippen LogP contribution in [0.2, 0.25) is 0 Å². The second kappa shape index (κ2) is 8.48. The van der Waals surface area contributed by atoms with E-state index in [0.29, 0.717) is 0 Å². The highest BCUT2D eigenvalue weighted by molar-refractivity contribution is 7.13. The molecule has 130 valence electrons. The number of thiophene rings is 1. The van der Waals surface area contributed by atoms with Gasteiger partial charge in [0.25, 0.3) is 0 Å². The second-order valence-electron chi connectivity index (χ2n) is 5.94. The van der Waals surface area contributed by atoms with E-state index in [1.807, 2.05) is 7.05 Å². The molecule has 24 heavy (non-hydrogen) atoms. The van der Waals surface area contributed by atoms with Gasteiger partial charge >= 0.3 is 0 Å². The molecule has 0 amide bonds. The molecule has 0 bridgehead atoms. The molecule has 5 nitrogen and oxygen atoms in total. The number of hydrogen-bond donors (Lipinski definition) is 2. The van der Waals surface area contributed by atoms with Crippen LogP contribution in [0.3, 0.4) is 0 Å². The van der Waals surface area contributed by atoms with Crippen LogP contribution in [0, 0.1) is 6.92 Å². The number of nitrogens with zero attached hydrogens (tertiary/aromatic N) is 3. The summed E-state index contributed by atoms with van der Waals surface area (Å²) in [6.45, 7) is 6.11. The van der Waals surface area contributed by atoms with E-state index in [9.17, 15) is 0 Å². The van der Waals surface area contributed by atoms with Crippen LogP contribution in [0.15, 0.2) is 21.8 Å². The van der Waals surface area contributed by atoms with E-state index < -0.39 is 0 Å². The Labute approximate surface area is 151 Å². The average molecular weight is 364 g/mol. The molecule has 2 N–H and O–H groups in total. The number of thiazole rings is 1. The van der Waals surface area contributed by atoms with E-state index in [0.717, 1.165) is 38.6 Å². The first-order valence-corrected chi connectivity index (χ1v) is 10.2. The van der Waals surface area contributed by atoms with Crippen molar-refractivity contribution in [2.45, 2.75) is 32.7 Å². The van der Waals surface area contributed by atoms with E-state index in [-0.39, 0.29) is 0 Å². The van der Waals surface area contributed by atoms with Crippen LogP contribution in [0.1, 0.15) is 29.0 Å². The van der Waals surface area contributed by atoms with Gasteiger partial charge in [-0.25, -0.2) is 4.98 Å². The van der Waals surface area contributed by atoms with Crippen LogP contribution >= 0.6 is 22.7 Å². The summed E-state index contributed by atoms with van der Waals surface area (Å²) in [5.74, 6) is 0.845. The Hall–Kier alpha value is -1.60. The molecule has 1 aliphatic rings. The molecule has 2 aromatic heterocycles. The Morgan fingerprint density at radius 2 is 2.12 bits per heavy atom. The van der Waals surface area contributed by atoms with Crippen molar-refractivity contribution in [1.29, 1.82) is 0 Å². The van der Waals surface area contributed by atoms with E-state index in [2.05, 4.69) is 44.3 Å². The van der Waals surface area contributed by atoms with Gasteiger partial charge in [0.2, 0.25) is 0 Å². The first-order chi connectivity index (χ1) is 11.8. The van der Waals surface area contributed by atoms with Crippen LogP contribution in [-0.4, -0.2) is 37.6 Å². The molecule has 0 spiro atoms. The zero-order valence-corrected chi connectivity index (χ0v) is 16.0. The molecule has 0 aromatic carbocycles. The minimum atomic E-state index is 0.818. The molecular weight excluding hydrogens is 338 g/mol. The fraction of sp³-hybridized carbons (Fsp3) is 0.529. The van der Waals surface area contributed by atoms with Gasteiger partial charge in [0, 0.05) is 43.4 Å². The molecule has 0 atom stereocenters. The molecule has 0 radical (unpaired) electrons. The minimum absolute atomic E-state index is 0.818. The molecule has 0 aliphatic carbocycles. The standard InChI is InChI=1S/C17H25N5S2/c1-13-6-10-23-15(13)11-20-16(18-2)19-7-5-14-12-24-17(21-14)22-8-3-4-9-22/h6,10,12H,3-5,7-9,11H2,1-2H3,(H2,18,19,20). The number of aromatic nitrogens is 1. The zero-order chi connectivity index (χ0) is 16.8. The number of nitrogens with one attached hydrogen (secondary N) is 2. The third-order valence-corrected chi connectivity index (χ3v) is 6.17. The maximum Gasteiger partial charge on any atom is 0.191 e. The highest BCUT2D eigenvalue weighted by Gasteiger charge is 2.15. The molecule has 1 saturated heterocycles. The molecule has 0 saturated carbocycles. The number of guanidine groups is 1. The number of rotatable bonds is 6. The van der Waals surface area contributed by atoms with Crippen molar-refractivity contribution >= 4 is 33.8 Å². The maximum atomic E-state index is 4.76. The summed E-state index contributed by atoms with van der Waals surface area (Å²) in [6.07, 6.45) is 3.51. The molecule has 7 heteroatoms. The monoisotopic (exact) mass is 363 g/mol. The number of aliphatic imine (C=N–C) groups is 1. The van der Waals surface area contributed by atoms with Crippen LogP contribution < -0.4 is 15.5 Å². The van der Waals surface area contributed by atoms with Gasteiger partial charge in [0.15, 0.2) is 11.1 Å². The summed E-state index contributed by atoms with van der Waals surface area (Å²) in [7, 11) is 1.81. The fourth-order valence-electron chi connectivity index (χ4n) is 2.74. The van der Waals surface area contributed by atoms with Gasteiger partial charge < -0.3 is 15.5 Å². The lowest BCUT2D eigenvalue weighted by Gasteiger charge is -2.12. The van der Waals surface area contributed by atoms with Crippen LogP contribution in [-0.2, 0) is 13.0 Å². The van der Waals surface area contributed by atoms with Crippen molar-refractivity contribution in [2.24, 2.45) is 4.99 Å². The lowest BCUT2D eigenvalue weighted by Crippen LogP contribution is -2.37. The molecule has 2 aromatic rings. The lowest BCUT2D eigenvalue weighted by molar-refractivity contribution is 0.788. The number of anilines is 1. The highest BCUT2D eigenvalue weighted by Crippen LogP contribution is 2.24. The smallest absolute Gasteiger partial charge is 0.191 e. The number of hydrogen-bond acceptors (Lipinski definition) is 5. The van der Waals surface area contributed by atoms with E-state index in [1.54, 1.807) is 22.7 Å². The Balaban J connectivity index is 1.42. The van der Waals surface area contributed by atoms with Gasteiger partial charge in [0.1, 0.15) is 0 Å². The second-order valence-corrected chi connectivity index (χ2v) is 7.78. The van der Waals surface area contributed by atoms with Crippen molar-refractivity contribution in [2.75, 3.05) is 31.6 Å². The van der Waals surface area contributed by atoms with Crippen LogP contribution in [0.25, 0.3) is 0 Å². The number of aryl methyl sites for hydroxylation is 1. The first-order valence-electron chi connectivity index (χ1n) is 8.43. The molecule has 3 heterocycles. The SMILES string of the molecule is CN=C(NCCc1csc(N2CCCC2)n1)NCc1sccc1C. The third-order valence-electron chi connectivity index (χ3n) is 4.20. The van der Waals surface area contributed by atoms with Crippen molar-refractivity contribution in [1.82, 2.24) is 15.6 Å². The summed E-state index contributed by atoms with van der Waals surface area (Å²) in [4.78, 5) is 12.8. The van der Waals surface area contributed by atoms with Crippen molar-refractivity contribution in [3.63, 3.8) is 0 Å². The topological polar surface area (TPSA) is 52.6 Å². The van der Waals surface area contributed by atoms with Crippen molar-refractivity contribution < 1.29 is 0 Å². The molecule has 1 fully saturated rings. The van der Waals surface area contributed by atoms with Crippen molar-refractivity contribution in [3.8, 4) is 0 Å². The zero-order valence-electron chi connectivity index (χ0n) is 14.3. The predicted octanol–water partition coefficient (Wildman–Crippen LogP) is 3.02. The Bertz CT molecular complexity index is 670. The van der Waals surface area contributed by atoms with Crippen LogP contribution in [0.5, 0.6) is 0 Å². The summed E-state index contributed by atoms with van der Waals surface area (Å²) in [5.41, 5.74) is 2.50. The molecule has 1 aliphatic heterocycles. The molecule has 0 unspecified atom stereocenters. The predicted molar refractivity (Wildman–Crippen MR) is 105 cm³/mol. The molecule has 3 rings (SSSR count). The van der Waals surface area contributed by atoms with E-state index in [1.165, 1.54) is 34.1 Å². The molecular formula is C17H25N5S2. The quantitative estimate of drug-likeness (QED) is 0.612. The largest absolute Gasteiger partial charge is 0.356 e. The maximum absolute atomic E-state index is 4.76. The normalized spacial score (nSPS) is 15.1. The summed E-state index contributed by atoms with van der Waals surface area (Å²) >= 11 is 3.54. The Morgan fingerprint density at radius 3 is 2.83 bits per heavy atom. The Kier molecular flexibility index (Phi) is 6.09. The summed E-state index contributed by atoms with van der Waals surface area (Å²) < 4.78 is 0. The first kappa shape index (κ1) is 17.2. The van der Waals surface area contributed by atoms with Gasteiger partial charge in [-0.3, -0.25) is 4.99 Å².